The Labute approximate surface area is 115 Å². The minimum Gasteiger partial charge on any atom is -0.369 e. The lowest BCUT2D eigenvalue weighted by Gasteiger charge is -2.32. The summed E-state index contributed by atoms with van der Waals surface area (Å²) in [5.74, 6) is 1.20. The maximum Gasteiger partial charge on any atom is 0.0505 e. The van der Waals surface area contributed by atoms with E-state index < -0.39 is 0 Å². The van der Waals surface area contributed by atoms with Gasteiger partial charge in [0.15, 0.2) is 0 Å². The van der Waals surface area contributed by atoms with Crippen molar-refractivity contribution < 1.29 is 0 Å². The summed E-state index contributed by atoms with van der Waals surface area (Å²) >= 11 is 1.99. The number of anilines is 1. The van der Waals surface area contributed by atoms with Gasteiger partial charge in [-0.15, -0.1) is 11.8 Å². The molecule has 0 atom stereocenters. The fourth-order valence-corrected chi connectivity index (χ4v) is 3.31. The zero-order chi connectivity index (χ0) is 13.2. The molecule has 0 fully saturated rings. The van der Waals surface area contributed by atoms with Gasteiger partial charge in [0, 0.05) is 30.3 Å². The van der Waals surface area contributed by atoms with Gasteiger partial charge in [0.05, 0.1) is 5.69 Å². The number of fused-ring (bicyclic) bond motifs is 1. The third kappa shape index (κ3) is 3.01. The van der Waals surface area contributed by atoms with Gasteiger partial charge in [-0.3, -0.25) is 0 Å². The molecule has 3 heteroatoms. The third-order valence-corrected chi connectivity index (χ3v) is 4.44. The van der Waals surface area contributed by atoms with E-state index in [-0.39, 0.29) is 5.41 Å². The van der Waals surface area contributed by atoms with E-state index >= 15 is 0 Å². The number of benzene rings is 1. The second-order valence-corrected chi connectivity index (χ2v) is 7.01. The first-order valence-electron chi connectivity index (χ1n) is 6.69. The Morgan fingerprint density at radius 1 is 1.33 bits per heavy atom. The Hall–Kier alpha value is -0.670. The van der Waals surface area contributed by atoms with Crippen LogP contribution in [0.25, 0.3) is 0 Å². The Morgan fingerprint density at radius 3 is 2.78 bits per heavy atom. The van der Waals surface area contributed by atoms with Crippen LogP contribution in [0, 0.1) is 0 Å². The summed E-state index contributed by atoms with van der Waals surface area (Å²) < 4.78 is 0. The largest absolute Gasteiger partial charge is 0.369 e. The van der Waals surface area contributed by atoms with Gasteiger partial charge in [-0.1, -0.05) is 26.8 Å². The van der Waals surface area contributed by atoms with E-state index in [1.54, 1.807) is 0 Å². The molecule has 2 rings (SSSR count). The first-order valence-corrected chi connectivity index (χ1v) is 7.68. The molecule has 0 spiro atoms. The van der Waals surface area contributed by atoms with Crippen molar-refractivity contribution in [3.8, 4) is 0 Å². The van der Waals surface area contributed by atoms with Crippen molar-refractivity contribution in [3.05, 3.63) is 23.8 Å². The summed E-state index contributed by atoms with van der Waals surface area (Å²) in [7, 11) is 2.02. The van der Waals surface area contributed by atoms with Gasteiger partial charge in [0.1, 0.15) is 0 Å². The molecule has 2 nitrogen and oxygen atoms in total. The summed E-state index contributed by atoms with van der Waals surface area (Å²) in [6.07, 6.45) is 0. The Kier molecular flexibility index (Phi) is 4.23. The van der Waals surface area contributed by atoms with Crippen LogP contribution in [0.4, 0.5) is 5.69 Å². The number of thioether (sulfide) groups is 1. The van der Waals surface area contributed by atoms with E-state index in [4.69, 9.17) is 0 Å². The molecule has 1 aromatic rings. The lowest BCUT2D eigenvalue weighted by molar-refractivity contribution is 0.588. The van der Waals surface area contributed by atoms with E-state index in [0.29, 0.717) is 0 Å². The van der Waals surface area contributed by atoms with Crippen molar-refractivity contribution >= 4 is 17.4 Å². The molecule has 1 aromatic carbocycles. The molecular formula is C15H24N2S. The summed E-state index contributed by atoms with van der Waals surface area (Å²) in [5, 5.41) is 3.23. The van der Waals surface area contributed by atoms with Crippen LogP contribution >= 0.6 is 11.8 Å². The molecular weight excluding hydrogens is 240 g/mol. The summed E-state index contributed by atoms with van der Waals surface area (Å²) in [6, 6.07) is 6.97. The van der Waals surface area contributed by atoms with Crippen LogP contribution in [0.15, 0.2) is 23.1 Å². The molecule has 1 N–H and O–H groups in total. The smallest absolute Gasteiger partial charge is 0.0505 e. The minimum absolute atomic E-state index is 0.239. The number of likely N-dealkylation sites (N-methyl/N-ethyl adjacent to an activating group) is 1. The van der Waals surface area contributed by atoms with Crippen LogP contribution in [0.2, 0.25) is 0 Å². The predicted octanol–water partition coefficient (Wildman–Crippen LogP) is 3.12. The Bertz CT molecular complexity index is 409. The van der Waals surface area contributed by atoms with Crippen LogP contribution in [-0.2, 0) is 5.41 Å². The molecule has 0 aromatic heterocycles. The molecule has 0 radical (unpaired) electrons. The molecule has 0 saturated carbocycles. The zero-order valence-corrected chi connectivity index (χ0v) is 12.7. The van der Waals surface area contributed by atoms with Crippen molar-refractivity contribution in [1.82, 2.24) is 5.32 Å². The molecule has 1 aliphatic rings. The first-order chi connectivity index (χ1) is 8.52. The summed E-state index contributed by atoms with van der Waals surface area (Å²) in [6.45, 7) is 10.1. The van der Waals surface area contributed by atoms with E-state index in [2.05, 4.69) is 49.2 Å². The highest BCUT2D eigenvalue weighted by Gasteiger charge is 2.20. The van der Waals surface area contributed by atoms with Gasteiger partial charge in [-0.2, -0.15) is 0 Å². The average Bonchev–Trinajstić information content (AvgIpc) is 2.34. The van der Waals surface area contributed by atoms with Crippen molar-refractivity contribution in [2.24, 2.45) is 0 Å². The number of hydrogen-bond donors (Lipinski definition) is 1. The fraction of sp³-hybridized carbons (Fsp3) is 0.600. The molecule has 0 bridgehead atoms. The van der Waals surface area contributed by atoms with Crippen LogP contribution < -0.4 is 10.2 Å². The summed E-state index contributed by atoms with van der Waals surface area (Å²) in [5.41, 5.74) is 3.08. The third-order valence-electron chi connectivity index (χ3n) is 3.42. The number of rotatable bonds is 3. The molecule has 0 aliphatic carbocycles. The highest BCUT2D eigenvalue weighted by atomic mass is 32.2. The highest BCUT2D eigenvalue weighted by molar-refractivity contribution is 7.99. The van der Waals surface area contributed by atoms with E-state index in [1.807, 2.05) is 18.8 Å². The molecule has 1 heterocycles. The van der Waals surface area contributed by atoms with Crippen molar-refractivity contribution in [1.29, 1.82) is 0 Å². The van der Waals surface area contributed by atoms with Crippen LogP contribution in [0.5, 0.6) is 0 Å². The van der Waals surface area contributed by atoms with Crippen LogP contribution in [-0.4, -0.2) is 32.4 Å². The maximum absolute atomic E-state index is 3.23. The van der Waals surface area contributed by atoms with Crippen LogP contribution in [0.3, 0.4) is 0 Å². The Balaban J connectivity index is 2.25. The number of nitrogens with zero attached hydrogens (tertiary/aromatic N) is 1. The SMILES string of the molecule is CNCCN1CCSc2cc(C(C)(C)C)ccc21. The second-order valence-electron chi connectivity index (χ2n) is 5.87. The van der Waals surface area contributed by atoms with Gasteiger partial charge >= 0.3 is 0 Å². The maximum atomic E-state index is 3.23. The van der Waals surface area contributed by atoms with Gasteiger partial charge in [0.2, 0.25) is 0 Å². The molecule has 0 amide bonds. The molecule has 0 unspecified atom stereocenters. The van der Waals surface area contributed by atoms with E-state index in [1.165, 1.54) is 21.9 Å². The molecule has 100 valence electrons. The highest BCUT2D eigenvalue weighted by Crippen LogP contribution is 2.37. The van der Waals surface area contributed by atoms with E-state index in [0.717, 1.165) is 19.6 Å². The summed E-state index contributed by atoms with van der Waals surface area (Å²) in [4.78, 5) is 3.94. The fourth-order valence-electron chi connectivity index (χ4n) is 2.22. The lowest BCUT2D eigenvalue weighted by atomic mass is 9.87. The number of nitrogens with one attached hydrogen (secondary N) is 1. The van der Waals surface area contributed by atoms with Gasteiger partial charge in [0.25, 0.3) is 0 Å². The predicted molar refractivity (Wildman–Crippen MR) is 82.0 cm³/mol. The quantitative estimate of drug-likeness (QED) is 0.903. The number of hydrogen-bond acceptors (Lipinski definition) is 3. The zero-order valence-electron chi connectivity index (χ0n) is 11.9. The molecule has 1 aliphatic heterocycles. The Morgan fingerprint density at radius 2 is 2.11 bits per heavy atom. The monoisotopic (exact) mass is 264 g/mol. The van der Waals surface area contributed by atoms with Crippen molar-refractivity contribution in [2.45, 2.75) is 31.1 Å². The molecule has 0 saturated heterocycles. The van der Waals surface area contributed by atoms with Gasteiger partial charge < -0.3 is 10.2 Å². The average molecular weight is 264 g/mol. The van der Waals surface area contributed by atoms with Crippen LogP contribution in [0.1, 0.15) is 26.3 Å². The molecule has 18 heavy (non-hydrogen) atoms. The van der Waals surface area contributed by atoms with Gasteiger partial charge in [-0.05, 0) is 30.2 Å². The van der Waals surface area contributed by atoms with Crippen molar-refractivity contribution in [3.63, 3.8) is 0 Å². The minimum atomic E-state index is 0.239. The standard InChI is InChI=1S/C15H24N2S/c1-15(2,3)12-5-6-13-14(11-12)18-10-9-17(13)8-7-16-4/h5-6,11,16H,7-10H2,1-4H3. The second kappa shape index (κ2) is 5.54. The lowest BCUT2D eigenvalue weighted by Crippen LogP contribution is -2.34. The van der Waals surface area contributed by atoms with Crippen molar-refractivity contribution in [2.75, 3.05) is 37.3 Å². The normalized spacial score (nSPS) is 15.7. The van der Waals surface area contributed by atoms with E-state index in [9.17, 15) is 0 Å². The first kappa shape index (κ1) is 13.8. The van der Waals surface area contributed by atoms with Gasteiger partial charge in [-0.25, -0.2) is 0 Å². The topological polar surface area (TPSA) is 15.3 Å².